The number of hydrogen-bond donors (Lipinski definition) is 1. The van der Waals surface area contributed by atoms with Crippen molar-refractivity contribution in [1.82, 2.24) is 10.3 Å². The predicted molar refractivity (Wildman–Crippen MR) is 63.0 cm³/mol. The van der Waals surface area contributed by atoms with Gasteiger partial charge in [-0.25, -0.2) is 4.63 Å². The van der Waals surface area contributed by atoms with Gasteiger partial charge < -0.3 is 10.6 Å². The topological polar surface area (TPSA) is 111 Å². The fourth-order valence-corrected chi connectivity index (χ4v) is 2.31. The average Bonchev–Trinajstić information content (AvgIpc) is 2.95. The summed E-state index contributed by atoms with van der Waals surface area (Å²) < 4.78 is 4.62. The van der Waals surface area contributed by atoms with Crippen molar-refractivity contribution >= 4 is 22.4 Å². The Morgan fingerprint density at radius 2 is 2.22 bits per heavy atom. The van der Waals surface area contributed by atoms with Crippen LogP contribution < -0.4 is 10.6 Å². The zero-order valence-electron chi connectivity index (χ0n) is 9.44. The molecule has 18 heavy (non-hydrogen) atoms. The normalized spacial score (nSPS) is 19.6. The van der Waals surface area contributed by atoms with E-state index in [4.69, 9.17) is 5.73 Å². The van der Waals surface area contributed by atoms with Crippen LogP contribution in [-0.4, -0.2) is 27.9 Å². The molecule has 0 aliphatic carbocycles. The molecule has 0 radical (unpaired) electrons. The van der Waals surface area contributed by atoms with Crippen molar-refractivity contribution in [2.45, 2.75) is 19.0 Å². The van der Waals surface area contributed by atoms with Gasteiger partial charge in [0, 0.05) is 12.6 Å². The third kappa shape index (κ3) is 1.50. The van der Waals surface area contributed by atoms with E-state index < -0.39 is 4.92 Å². The molecular weight excluding hydrogens is 238 g/mol. The second-order valence-corrected chi connectivity index (χ2v) is 4.23. The lowest BCUT2D eigenvalue weighted by atomic mass is 10.2. The lowest BCUT2D eigenvalue weighted by molar-refractivity contribution is -0.383. The number of hydrogen-bond acceptors (Lipinski definition) is 7. The van der Waals surface area contributed by atoms with Crippen LogP contribution in [0.1, 0.15) is 12.8 Å². The van der Waals surface area contributed by atoms with Gasteiger partial charge in [0.05, 0.1) is 16.8 Å². The lowest BCUT2D eigenvalue weighted by Gasteiger charge is -2.23. The van der Waals surface area contributed by atoms with Gasteiger partial charge in [-0.2, -0.15) is 0 Å². The molecule has 94 valence electrons. The Balaban J connectivity index is 2.17. The average molecular weight is 249 g/mol. The van der Waals surface area contributed by atoms with Crippen molar-refractivity contribution in [3.05, 3.63) is 22.2 Å². The molecule has 1 aromatic carbocycles. The summed E-state index contributed by atoms with van der Waals surface area (Å²) in [6.07, 6.45) is 1.79. The smallest absolute Gasteiger partial charge is 0.300 e. The van der Waals surface area contributed by atoms with Crippen molar-refractivity contribution in [2.24, 2.45) is 5.73 Å². The number of benzene rings is 1. The zero-order chi connectivity index (χ0) is 12.7. The van der Waals surface area contributed by atoms with Crippen LogP contribution in [0.4, 0.5) is 11.4 Å². The van der Waals surface area contributed by atoms with Crippen LogP contribution in [0.2, 0.25) is 0 Å². The number of rotatable bonds is 2. The van der Waals surface area contributed by atoms with Gasteiger partial charge in [0.2, 0.25) is 5.52 Å². The Hall–Kier alpha value is -2.22. The van der Waals surface area contributed by atoms with E-state index in [-0.39, 0.29) is 17.4 Å². The predicted octanol–water partition coefficient (Wildman–Crippen LogP) is 1.02. The van der Waals surface area contributed by atoms with E-state index in [2.05, 4.69) is 14.9 Å². The van der Waals surface area contributed by atoms with Crippen molar-refractivity contribution in [2.75, 3.05) is 11.4 Å². The van der Waals surface area contributed by atoms with Gasteiger partial charge in [-0.05, 0) is 29.2 Å². The molecule has 3 rings (SSSR count). The molecule has 8 nitrogen and oxygen atoms in total. The van der Waals surface area contributed by atoms with Gasteiger partial charge in [0.1, 0.15) is 0 Å². The van der Waals surface area contributed by atoms with E-state index in [1.165, 1.54) is 6.07 Å². The van der Waals surface area contributed by atoms with Crippen LogP contribution in [0.15, 0.2) is 16.8 Å². The van der Waals surface area contributed by atoms with Gasteiger partial charge in [-0.15, -0.1) is 0 Å². The van der Waals surface area contributed by atoms with Gasteiger partial charge in [-0.3, -0.25) is 10.1 Å². The second kappa shape index (κ2) is 3.91. The first-order chi connectivity index (χ1) is 8.68. The highest BCUT2D eigenvalue weighted by Crippen LogP contribution is 2.33. The maximum absolute atomic E-state index is 10.9. The third-order valence-electron chi connectivity index (χ3n) is 3.18. The van der Waals surface area contributed by atoms with Gasteiger partial charge >= 0.3 is 5.69 Å². The molecule has 1 aliphatic rings. The molecule has 0 amide bonds. The summed E-state index contributed by atoms with van der Waals surface area (Å²) >= 11 is 0. The SMILES string of the molecule is NC1CCCN1c1ccc([N+](=O)[O-])c2nonc12. The monoisotopic (exact) mass is 249 g/mol. The largest absolute Gasteiger partial charge is 0.354 e. The van der Waals surface area contributed by atoms with Crippen molar-refractivity contribution in [3.8, 4) is 0 Å². The Morgan fingerprint density at radius 1 is 1.44 bits per heavy atom. The minimum Gasteiger partial charge on any atom is -0.354 e. The van der Waals surface area contributed by atoms with E-state index in [0.29, 0.717) is 5.52 Å². The van der Waals surface area contributed by atoms with Crippen molar-refractivity contribution in [1.29, 1.82) is 0 Å². The third-order valence-corrected chi connectivity index (χ3v) is 3.18. The molecule has 1 atom stereocenters. The van der Waals surface area contributed by atoms with E-state index >= 15 is 0 Å². The number of nitrogens with zero attached hydrogens (tertiary/aromatic N) is 4. The highest BCUT2D eigenvalue weighted by Gasteiger charge is 2.27. The second-order valence-electron chi connectivity index (χ2n) is 4.23. The quantitative estimate of drug-likeness (QED) is 0.624. The van der Waals surface area contributed by atoms with Gasteiger partial charge in [0.15, 0.2) is 5.52 Å². The number of aromatic nitrogens is 2. The van der Waals surface area contributed by atoms with Crippen LogP contribution in [0, 0.1) is 10.1 Å². The molecular formula is C10H11N5O3. The van der Waals surface area contributed by atoms with Gasteiger partial charge in [-0.1, -0.05) is 0 Å². The van der Waals surface area contributed by atoms with Crippen molar-refractivity contribution < 1.29 is 9.55 Å². The van der Waals surface area contributed by atoms with Crippen LogP contribution >= 0.6 is 0 Å². The van der Waals surface area contributed by atoms with E-state index in [0.717, 1.165) is 25.1 Å². The molecule has 1 saturated heterocycles. The maximum atomic E-state index is 10.9. The number of nitro benzene ring substituents is 1. The standard InChI is InChI=1S/C10H11N5O3/c11-8-2-1-5-14(8)6-3-4-7(15(16)17)10-9(6)12-18-13-10/h3-4,8H,1-2,5,11H2. The minimum atomic E-state index is -0.500. The molecule has 2 aromatic rings. The molecule has 2 heterocycles. The fraction of sp³-hybridized carbons (Fsp3) is 0.400. The molecule has 1 fully saturated rings. The Bertz CT molecular complexity index is 611. The van der Waals surface area contributed by atoms with Crippen LogP contribution in [0.5, 0.6) is 0 Å². The summed E-state index contributed by atoms with van der Waals surface area (Å²) in [6.45, 7) is 0.806. The molecule has 1 aromatic heterocycles. The maximum Gasteiger partial charge on any atom is 0.300 e. The van der Waals surface area contributed by atoms with E-state index in [1.807, 2.05) is 4.90 Å². The molecule has 0 spiro atoms. The number of nitro groups is 1. The first-order valence-electron chi connectivity index (χ1n) is 5.60. The molecule has 0 saturated carbocycles. The molecule has 1 aliphatic heterocycles. The summed E-state index contributed by atoms with van der Waals surface area (Å²) in [6, 6.07) is 3.06. The van der Waals surface area contributed by atoms with Crippen LogP contribution in [0.3, 0.4) is 0 Å². The highest BCUT2D eigenvalue weighted by molar-refractivity contribution is 5.94. The Kier molecular flexibility index (Phi) is 2.37. The molecule has 1 unspecified atom stereocenters. The summed E-state index contributed by atoms with van der Waals surface area (Å²) in [5, 5.41) is 18.2. The lowest BCUT2D eigenvalue weighted by Crippen LogP contribution is -2.36. The zero-order valence-corrected chi connectivity index (χ0v) is 9.44. The molecule has 0 bridgehead atoms. The van der Waals surface area contributed by atoms with Crippen LogP contribution in [0.25, 0.3) is 11.0 Å². The summed E-state index contributed by atoms with van der Waals surface area (Å²) in [4.78, 5) is 12.3. The minimum absolute atomic E-state index is 0.0913. The first-order valence-corrected chi connectivity index (χ1v) is 5.60. The van der Waals surface area contributed by atoms with Crippen molar-refractivity contribution in [3.63, 3.8) is 0 Å². The number of anilines is 1. The summed E-state index contributed by atoms with van der Waals surface area (Å²) in [5.41, 5.74) is 7.17. The summed E-state index contributed by atoms with van der Waals surface area (Å²) in [7, 11) is 0. The fourth-order valence-electron chi connectivity index (χ4n) is 2.31. The summed E-state index contributed by atoms with van der Waals surface area (Å²) in [5.74, 6) is 0. The number of fused-ring (bicyclic) bond motifs is 1. The van der Waals surface area contributed by atoms with Gasteiger partial charge in [0.25, 0.3) is 0 Å². The Morgan fingerprint density at radius 3 is 2.89 bits per heavy atom. The number of non-ortho nitro benzene ring substituents is 1. The van der Waals surface area contributed by atoms with E-state index in [9.17, 15) is 10.1 Å². The highest BCUT2D eigenvalue weighted by atomic mass is 16.6. The first kappa shape index (κ1) is 10.9. The number of nitrogens with two attached hydrogens (primary N) is 1. The molecule has 8 heteroatoms. The molecule has 2 N–H and O–H groups in total. The van der Waals surface area contributed by atoms with Crippen LogP contribution in [-0.2, 0) is 0 Å². The Labute approximate surface area is 101 Å². The van der Waals surface area contributed by atoms with E-state index in [1.54, 1.807) is 6.07 Å².